The van der Waals surface area contributed by atoms with E-state index in [0.717, 1.165) is 24.8 Å². The first kappa shape index (κ1) is 40.1. The Morgan fingerprint density at radius 3 is 2.20 bits per heavy atom. The summed E-state index contributed by atoms with van der Waals surface area (Å²) in [6.07, 6.45) is -3.45. The van der Waals surface area contributed by atoms with E-state index in [0.29, 0.717) is 29.6 Å². The molecule has 1 fully saturated rings. The van der Waals surface area contributed by atoms with Crippen molar-refractivity contribution in [3.05, 3.63) is 100 Å². The molecular weight excluding hydrogens is 759 g/mol. The lowest BCUT2D eigenvalue weighted by molar-refractivity contribution is -0.154. The lowest BCUT2D eigenvalue weighted by atomic mass is 10.1. The number of ether oxygens (including phenoxy) is 2. The number of nitrogens with one attached hydrogen (secondary N) is 5. The van der Waals surface area contributed by atoms with E-state index in [1.807, 2.05) is 12.1 Å². The van der Waals surface area contributed by atoms with Crippen LogP contribution in [0.15, 0.2) is 66.7 Å². The van der Waals surface area contributed by atoms with E-state index in [1.54, 1.807) is 12.1 Å². The third kappa shape index (κ3) is 11.4. The van der Waals surface area contributed by atoms with Gasteiger partial charge in [0.25, 0.3) is 5.91 Å². The average Bonchev–Trinajstić information content (AvgIpc) is 3.93. The van der Waals surface area contributed by atoms with Gasteiger partial charge in [-0.15, -0.1) is 0 Å². The summed E-state index contributed by atoms with van der Waals surface area (Å²) in [5.41, 5.74) is 0.659. The molecule has 0 radical (unpaired) electrons. The summed E-state index contributed by atoms with van der Waals surface area (Å²) >= 11 is 6.02. The molecule has 1 aromatic heterocycles. The molecule has 3 amide bonds. The lowest BCUT2D eigenvalue weighted by Gasteiger charge is -2.19. The van der Waals surface area contributed by atoms with Crippen LogP contribution in [-0.2, 0) is 31.2 Å². The number of nitrogens with zero attached hydrogens (tertiary/aromatic N) is 3. The van der Waals surface area contributed by atoms with Gasteiger partial charge in [0, 0.05) is 41.0 Å². The normalized spacial score (nSPS) is 13.5. The van der Waals surface area contributed by atoms with Gasteiger partial charge in [0.15, 0.2) is 6.61 Å². The average molecular weight is 791 g/mol. The van der Waals surface area contributed by atoms with E-state index in [1.165, 1.54) is 24.3 Å². The van der Waals surface area contributed by atoms with E-state index >= 15 is 0 Å². The van der Waals surface area contributed by atoms with Gasteiger partial charge in [0.1, 0.15) is 17.7 Å². The lowest BCUT2D eigenvalue weighted by Crippen LogP contribution is -2.45. The molecule has 0 spiro atoms. The standard InChI is InChI=1S/C35H32ClF5N8O6/c1-54-30(53)26(12-15-42-28(51)29(52)43-17-20-2-9-23(37)16-25(20)38)45-27(50)19-3-10-24(11-4-19)44-31-46-32(48-33(47-31)55-18-35(39,40)41)49-34(13-14-34)21-5-7-22(36)8-6-21/h2-11,16,26H,12-15,17-18H2,1H3,(H,42,51)(H,43,52)(H,45,50)(H2,44,46,47,48,49)/t26-/m0/s1. The number of carbonyl (C=O) groups is 4. The third-order valence-corrected chi connectivity index (χ3v) is 8.30. The van der Waals surface area contributed by atoms with Gasteiger partial charge < -0.3 is 36.1 Å². The first-order chi connectivity index (χ1) is 26.1. The molecule has 1 aliphatic carbocycles. The Morgan fingerprint density at radius 1 is 0.891 bits per heavy atom. The molecule has 4 aromatic rings. The van der Waals surface area contributed by atoms with Crippen LogP contribution in [0.1, 0.15) is 40.7 Å². The van der Waals surface area contributed by atoms with Gasteiger partial charge in [-0.1, -0.05) is 29.8 Å². The van der Waals surface area contributed by atoms with Crippen molar-refractivity contribution in [2.45, 2.75) is 43.6 Å². The fourth-order valence-electron chi connectivity index (χ4n) is 5.07. The predicted molar refractivity (Wildman–Crippen MR) is 186 cm³/mol. The molecule has 5 N–H and O–H groups in total. The second-order valence-electron chi connectivity index (χ2n) is 12.1. The second kappa shape index (κ2) is 17.4. The highest BCUT2D eigenvalue weighted by atomic mass is 35.5. The van der Waals surface area contributed by atoms with Crippen molar-refractivity contribution in [1.29, 1.82) is 0 Å². The van der Waals surface area contributed by atoms with Gasteiger partial charge in [-0.25, -0.2) is 13.6 Å². The molecule has 20 heteroatoms. The molecule has 290 valence electrons. The van der Waals surface area contributed by atoms with E-state index < -0.39 is 65.7 Å². The van der Waals surface area contributed by atoms with Crippen molar-refractivity contribution in [2.75, 3.05) is 30.9 Å². The number of carbonyl (C=O) groups excluding carboxylic acids is 4. The highest BCUT2D eigenvalue weighted by molar-refractivity contribution is 6.35. The van der Waals surface area contributed by atoms with Crippen LogP contribution in [0.5, 0.6) is 6.01 Å². The third-order valence-electron chi connectivity index (χ3n) is 8.05. The van der Waals surface area contributed by atoms with Crippen LogP contribution in [0.3, 0.4) is 0 Å². The summed E-state index contributed by atoms with van der Waals surface area (Å²) in [6, 6.07) is 13.6. The molecule has 3 aromatic carbocycles. The van der Waals surface area contributed by atoms with Crippen LogP contribution in [0.4, 0.5) is 39.5 Å². The van der Waals surface area contributed by atoms with Gasteiger partial charge >= 0.3 is 30.0 Å². The summed E-state index contributed by atoms with van der Waals surface area (Å²) in [7, 11) is 1.09. The summed E-state index contributed by atoms with van der Waals surface area (Å²) < 4.78 is 75.3. The topological polar surface area (TPSA) is 186 Å². The zero-order valence-electron chi connectivity index (χ0n) is 28.7. The molecule has 0 unspecified atom stereocenters. The fraction of sp³-hybridized carbons (Fsp3) is 0.286. The maximum Gasteiger partial charge on any atom is 0.422 e. The Bertz CT molecular complexity index is 2040. The van der Waals surface area contributed by atoms with Crippen molar-refractivity contribution in [2.24, 2.45) is 0 Å². The monoisotopic (exact) mass is 790 g/mol. The second-order valence-corrected chi connectivity index (χ2v) is 12.5. The Kier molecular flexibility index (Phi) is 12.6. The smallest absolute Gasteiger partial charge is 0.422 e. The largest absolute Gasteiger partial charge is 0.467 e. The van der Waals surface area contributed by atoms with Crippen LogP contribution in [0, 0.1) is 11.6 Å². The van der Waals surface area contributed by atoms with Crippen LogP contribution in [0.25, 0.3) is 0 Å². The van der Waals surface area contributed by atoms with Crippen LogP contribution < -0.4 is 31.3 Å². The van der Waals surface area contributed by atoms with Crippen LogP contribution in [0.2, 0.25) is 5.02 Å². The maximum absolute atomic E-state index is 13.8. The summed E-state index contributed by atoms with van der Waals surface area (Å²) in [5, 5.41) is 13.5. The van der Waals surface area contributed by atoms with Gasteiger partial charge in [-0.3, -0.25) is 14.4 Å². The van der Waals surface area contributed by atoms with E-state index in [-0.39, 0.29) is 42.5 Å². The van der Waals surface area contributed by atoms with Crippen molar-refractivity contribution in [3.8, 4) is 6.01 Å². The predicted octanol–water partition coefficient (Wildman–Crippen LogP) is 4.68. The Morgan fingerprint density at radius 2 is 1.56 bits per heavy atom. The fourth-order valence-corrected chi connectivity index (χ4v) is 5.20. The Balaban J connectivity index is 1.19. The summed E-state index contributed by atoms with van der Waals surface area (Å²) in [4.78, 5) is 62.1. The first-order valence-electron chi connectivity index (χ1n) is 16.4. The number of hydrogen-bond donors (Lipinski definition) is 5. The molecule has 55 heavy (non-hydrogen) atoms. The zero-order valence-corrected chi connectivity index (χ0v) is 29.5. The summed E-state index contributed by atoms with van der Waals surface area (Å²) in [6.45, 7) is -2.28. The maximum atomic E-state index is 13.8. The highest BCUT2D eigenvalue weighted by Gasteiger charge is 2.45. The number of rotatable bonds is 15. The molecule has 0 aliphatic heterocycles. The minimum atomic E-state index is -4.65. The molecule has 5 rings (SSSR count). The SMILES string of the molecule is COC(=O)[C@H](CCNC(=O)C(=O)NCc1ccc(F)cc1F)NC(=O)c1ccc(Nc2nc(NC3(c4ccc(Cl)cc4)CC3)nc(OCC(F)(F)F)n2)cc1. The minimum Gasteiger partial charge on any atom is -0.467 e. The Hall–Kier alpha value is -6.11. The molecule has 0 bridgehead atoms. The van der Waals surface area contributed by atoms with Crippen molar-refractivity contribution < 1.29 is 50.6 Å². The van der Waals surface area contributed by atoms with Crippen molar-refractivity contribution in [3.63, 3.8) is 0 Å². The van der Waals surface area contributed by atoms with Gasteiger partial charge in [-0.2, -0.15) is 28.1 Å². The quantitative estimate of drug-likeness (QED) is 0.0640. The highest BCUT2D eigenvalue weighted by Crippen LogP contribution is 2.48. The van der Waals surface area contributed by atoms with Crippen LogP contribution >= 0.6 is 11.6 Å². The Labute approximate surface area is 314 Å². The number of methoxy groups -OCH3 is 1. The van der Waals surface area contributed by atoms with Gasteiger partial charge in [-0.05, 0) is 67.3 Å². The number of amides is 3. The number of aromatic nitrogens is 3. The van der Waals surface area contributed by atoms with Crippen molar-refractivity contribution in [1.82, 2.24) is 30.9 Å². The minimum absolute atomic E-state index is 0.0480. The summed E-state index contributed by atoms with van der Waals surface area (Å²) in [5.74, 6) is -5.70. The van der Waals surface area contributed by atoms with Crippen LogP contribution in [-0.4, -0.2) is 71.1 Å². The van der Waals surface area contributed by atoms with Gasteiger partial charge in [0.05, 0.1) is 12.6 Å². The zero-order chi connectivity index (χ0) is 39.8. The number of anilines is 3. The number of benzene rings is 3. The first-order valence-corrected chi connectivity index (χ1v) is 16.8. The van der Waals surface area contributed by atoms with E-state index in [4.69, 9.17) is 21.1 Å². The molecule has 14 nitrogen and oxygen atoms in total. The number of hydrogen-bond acceptors (Lipinski definition) is 11. The molecule has 1 aliphatic rings. The number of esters is 1. The molecule has 1 atom stereocenters. The molecule has 1 saturated carbocycles. The van der Waals surface area contributed by atoms with Crippen molar-refractivity contribution >= 4 is 52.9 Å². The van der Waals surface area contributed by atoms with Gasteiger partial charge in [0.2, 0.25) is 11.9 Å². The number of halogens is 6. The number of alkyl halides is 3. The molecule has 0 saturated heterocycles. The van der Waals surface area contributed by atoms with E-state index in [9.17, 15) is 41.1 Å². The molecule has 1 heterocycles. The molecular formula is C35H32ClF5N8O6. The van der Waals surface area contributed by atoms with E-state index in [2.05, 4.69) is 41.5 Å².